The van der Waals surface area contributed by atoms with Crippen molar-refractivity contribution in [3.63, 3.8) is 0 Å². The molecular weight excluding hydrogens is 433 g/mol. The second-order valence-electron chi connectivity index (χ2n) is 6.84. The summed E-state index contributed by atoms with van der Waals surface area (Å²) in [5.74, 6) is -2.38. The van der Waals surface area contributed by atoms with Gasteiger partial charge >= 0.3 is 0 Å². The number of benzene rings is 3. The van der Waals surface area contributed by atoms with Crippen molar-refractivity contribution in [3.8, 4) is 0 Å². The van der Waals surface area contributed by atoms with Gasteiger partial charge in [-0.25, -0.2) is 4.39 Å². The van der Waals surface area contributed by atoms with Crippen LogP contribution in [-0.4, -0.2) is 34.4 Å². The first kappa shape index (κ1) is 21.3. The monoisotopic (exact) mass is 449 g/mol. The molecule has 1 aliphatic rings. The summed E-state index contributed by atoms with van der Waals surface area (Å²) in [6, 6.07) is 18.0. The minimum absolute atomic E-state index is 0.104. The molecule has 2 N–H and O–H groups in total. The van der Waals surface area contributed by atoms with Crippen molar-refractivity contribution < 1.29 is 23.6 Å². The van der Waals surface area contributed by atoms with Crippen molar-refractivity contribution in [2.75, 3.05) is 17.2 Å². The maximum atomic E-state index is 13.0. The fourth-order valence-corrected chi connectivity index (χ4v) is 3.94. The smallest absolute Gasteiger partial charge is 0.294 e. The quantitative estimate of drug-likeness (QED) is 0.571. The van der Waals surface area contributed by atoms with Crippen LogP contribution in [0.2, 0.25) is 0 Å². The van der Waals surface area contributed by atoms with E-state index in [9.17, 15) is 23.6 Å². The number of nitrogens with zero attached hydrogens (tertiary/aromatic N) is 1. The van der Waals surface area contributed by atoms with Crippen LogP contribution in [0.15, 0.2) is 77.7 Å². The van der Waals surface area contributed by atoms with E-state index in [0.717, 1.165) is 21.7 Å². The molecule has 7 nitrogen and oxygen atoms in total. The van der Waals surface area contributed by atoms with Crippen LogP contribution in [0.5, 0.6) is 0 Å². The molecule has 0 aromatic heterocycles. The summed E-state index contributed by atoms with van der Waals surface area (Å²) >= 11 is 0.572. The Morgan fingerprint density at radius 1 is 0.938 bits per heavy atom. The number of hydrogen-bond donors (Lipinski definition) is 2. The van der Waals surface area contributed by atoms with E-state index in [4.69, 9.17) is 0 Å². The molecule has 3 aromatic carbocycles. The van der Waals surface area contributed by atoms with E-state index < -0.39 is 35.3 Å². The number of halogens is 1. The van der Waals surface area contributed by atoms with Gasteiger partial charge in [-0.05, 0) is 47.5 Å². The summed E-state index contributed by atoms with van der Waals surface area (Å²) in [5, 5.41) is 6.32. The topological polar surface area (TPSA) is 95.6 Å². The standard InChI is InChI=1S/C23H16FN3O4S/c24-15-8-10-16(11-9-15)25-20(28)12-19-22(30)27(23(31)32-19)13-21(29)26-18-7-3-5-14-4-1-2-6-17(14)18/h1-12H,13H2,(H,25,28)(H,26,29)/b19-12-. The third-order valence-electron chi connectivity index (χ3n) is 4.61. The lowest BCUT2D eigenvalue weighted by atomic mass is 10.1. The normalized spacial score (nSPS) is 14.8. The summed E-state index contributed by atoms with van der Waals surface area (Å²) in [5.41, 5.74) is 0.899. The van der Waals surface area contributed by atoms with Gasteiger partial charge in [0, 0.05) is 22.8 Å². The van der Waals surface area contributed by atoms with Gasteiger partial charge in [0.05, 0.1) is 4.91 Å². The van der Waals surface area contributed by atoms with Crippen molar-refractivity contribution in [1.82, 2.24) is 4.90 Å². The van der Waals surface area contributed by atoms with Gasteiger partial charge in [0.2, 0.25) is 11.8 Å². The Bertz CT molecular complexity index is 1270. The second-order valence-corrected chi connectivity index (χ2v) is 7.83. The Balaban J connectivity index is 1.42. The average molecular weight is 449 g/mol. The number of hydrogen-bond acceptors (Lipinski definition) is 5. The molecule has 0 saturated carbocycles. The van der Waals surface area contributed by atoms with E-state index in [0.29, 0.717) is 23.1 Å². The Labute approximate surface area is 186 Å². The molecule has 9 heteroatoms. The molecule has 160 valence electrons. The molecule has 1 fully saturated rings. The lowest BCUT2D eigenvalue weighted by molar-refractivity contribution is -0.127. The number of carbonyl (C=O) groups excluding carboxylic acids is 4. The van der Waals surface area contributed by atoms with Crippen LogP contribution in [0.3, 0.4) is 0 Å². The molecule has 0 spiro atoms. The summed E-state index contributed by atoms with van der Waals surface area (Å²) in [6.07, 6.45) is 0.983. The number of imide groups is 1. The van der Waals surface area contributed by atoms with Crippen molar-refractivity contribution >= 4 is 56.9 Å². The molecule has 1 aliphatic heterocycles. The molecule has 0 unspecified atom stereocenters. The van der Waals surface area contributed by atoms with Crippen molar-refractivity contribution in [2.45, 2.75) is 0 Å². The van der Waals surface area contributed by atoms with E-state index in [1.165, 1.54) is 24.3 Å². The molecule has 0 radical (unpaired) electrons. The van der Waals surface area contributed by atoms with Crippen LogP contribution in [0, 0.1) is 5.82 Å². The lowest BCUT2D eigenvalue weighted by Gasteiger charge is -2.13. The van der Waals surface area contributed by atoms with Gasteiger partial charge in [0.1, 0.15) is 12.4 Å². The highest BCUT2D eigenvalue weighted by molar-refractivity contribution is 8.18. The maximum absolute atomic E-state index is 13.0. The highest BCUT2D eigenvalue weighted by Crippen LogP contribution is 2.30. The number of thioether (sulfide) groups is 1. The number of nitrogens with one attached hydrogen (secondary N) is 2. The predicted octanol–water partition coefficient (Wildman–Crippen LogP) is 4.14. The third kappa shape index (κ3) is 4.68. The minimum Gasteiger partial charge on any atom is -0.324 e. The molecule has 1 heterocycles. The summed E-state index contributed by atoms with van der Waals surface area (Å²) < 4.78 is 13.0. The van der Waals surface area contributed by atoms with Gasteiger partial charge in [-0.15, -0.1) is 0 Å². The van der Waals surface area contributed by atoms with E-state index in [2.05, 4.69) is 10.6 Å². The molecule has 3 aromatic rings. The second kappa shape index (κ2) is 9.03. The van der Waals surface area contributed by atoms with Crippen LogP contribution in [0.1, 0.15) is 0 Å². The summed E-state index contributed by atoms with van der Waals surface area (Å²) in [6.45, 7) is -0.481. The fourth-order valence-electron chi connectivity index (χ4n) is 3.13. The zero-order valence-corrected chi connectivity index (χ0v) is 17.3. The predicted molar refractivity (Wildman–Crippen MR) is 120 cm³/mol. The van der Waals surface area contributed by atoms with Crippen LogP contribution in [0.25, 0.3) is 10.8 Å². The number of carbonyl (C=O) groups is 4. The van der Waals surface area contributed by atoms with Gasteiger partial charge in [0.15, 0.2) is 0 Å². The molecule has 32 heavy (non-hydrogen) atoms. The zero-order chi connectivity index (χ0) is 22.7. The Kier molecular flexibility index (Phi) is 6.00. The van der Waals surface area contributed by atoms with Crippen molar-refractivity contribution in [1.29, 1.82) is 0 Å². The van der Waals surface area contributed by atoms with Crippen molar-refractivity contribution in [2.24, 2.45) is 0 Å². The molecular formula is C23H16FN3O4S. The van der Waals surface area contributed by atoms with Gasteiger partial charge in [-0.1, -0.05) is 36.4 Å². The summed E-state index contributed by atoms with van der Waals surface area (Å²) in [7, 11) is 0. The molecule has 0 bridgehead atoms. The highest BCUT2D eigenvalue weighted by atomic mass is 32.2. The zero-order valence-electron chi connectivity index (χ0n) is 16.5. The van der Waals surface area contributed by atoms with Crippen LogP contribution in [-0.2, 0) is 14.4 Å². The SMILES string of the molecule is O=C(/C=C1\SC(=O)N(CC(=O)Nc2cccc3ccccc23)C1=O)Nc1ccc(F)cc1. The van der Waals surface area contributed by atoms with Gasteiger partial charge < -0.3 is 10.6 Å². The number of rotatable bonds is 5. The molecule has 1 saturated heterocycles. The largest absolute Gasteiger partial charge is 0.324 e. The van der Waals surface area contributed by atoms with Crippen LogP contribution in [0.4, 0.5) is 20.6 Å². The van der Waals surface area contributed by atoms with E-state index >= 15 is 0 Å². The molecule has 0 aliphatic carbocycles. The van der Waals surface area contributed by atoms with Crippen LogP contribution >= 0.6 is 11.8 Å². The lowest BCUT2D eigenvalue weighted by Crippen LogP contribution is -2.36. The number of amides is 4. The first-order valence-electron chi connectivity index (χ1n) is 9.50. The number of anilines is 2. The van der Waals surface area contributed by atoms with Crippen molar-refractivity contribution in [3.05, 3.63) is 83.5 Å². The molecule has 4 amide bonds. The Morgan fingerprint density at radius 2 is 1.66 bits per heavy atom. The van der Waals surface area contributed by atoms with Crippen LogP contribution < -0.4 is 10.6 Å². The van der Waals surface area contributed by atoms with E-state index in [1.807, 2.05) is 30.3 Å². The average Bonchev–Trinajstić information content (AvgIpc) is 3.03. The maximum Gasteiger partial charge on any atom is 0.294 e. The first-order valence-corrected chi connectivity index (χ1v) is 10.3. The van der Waals surface area contributed by atoms with Gasteiger partial charge in [0.25, 0.3) is 11.1 Å². The minimum atomic E-state index is -0.734. The van der Waals surface area contributed by atoms with E-state index in [-0.39, 0.29) is 4.91 Å². The highest BCUT2D eigenvalue weighted by Gasteiger charge is 2.36. The van der Waals surface area contributed by atoms with Gasteiger partial charge in [-0.3, -0.25) is 24.1 Å². The summed E-state index contributed by atoms with van der Waals surface area (Å²) in [4.78, 5) is 50.1. The Morgan fingerprint density at radius 3 is 2.44 bits per heavy atom. The number of fused-ring (bicyclic) bond motifs is 1. The third-order valence-corrected chi connectivity index (χ3v) is 5.52. The molecule has 4 rings (SSSR count). The Hall–Kier alpha value is -3.98. The first-order chi connectivity index (χ1) is 15.4. The van der Waals surface area contributed by atoms with Gasteiger partial charge in [-0.2, -0.15) is 0 Å². The molecule has 0 atom stereocenters. The fraction of sp³-hybridized carbons (Fsp3) is 0.0435. The van der Waals surface area contributed by atoms with E-state index in [1.54, 1.807) is 12.1 Å².